The van der Waals surface area contributed by atoms with Crippen LogP contribution in [0, 0.1) is 0 Å². The van der Waals surface area contributed by atoms with E-state index in [0.29, 0.717) is 35.1 Å². The fourth-order valence-corrected chi connectivity index (χ4v) is 5.16. The van der Waals surface area contributed by atoms with Gasteiger partial charge in [-0.1, -0.05) is 6.92 Å². The number of rotatable bonds is 8. The van der Waals surface area contributed by atoms with E-state index in [-0.39, 0.29) is 5.24 Å². The number of aromatic nitrogens is 2. The SMILES string of the molecule is CCN1CCC(N2CCN(c3nc(/C=C4\SC(=O)NC4=O)cc(OCCN(C)C)n3)CC2)CC1. The Balaban J connectivity index is 1.45. The van der Waals surface area contributed by atoms with E-state index in [4.69, 9.17) is 9.72 Å². The summed E-state index contributed by atoms with van der Waals surface area (Å²) in [5.74, 6) is 0.681. The van der Waals surface area contributed by atoms with Crippen LogP contribution in [0.15, 0.2) is 11.0 Å². The molecule has 34 heavy (non-hydrogen) atoms. The Morgan fingerprint density at radius 2 is 1.88 bits per heavy atom. The number of hydrogen-bond donors (Lipinski definition) is 1. The van der Waals surface area contributed by atoms with E-state index in [2.05, 4.69) is 31.9 Å². The van der Waals surface area contributed by atoms with Crippen LogP contribution in [0.5, 0.6) is 5.88 Å². The number of likely N-dealkylation sites (N-methyl/N-ethyl adjacent to an activating group) is 1. The number of carbonyl (C=O) groups is 2. The molecule has 1 N–H and O–H groups in total. The van der Waals surface area contributed by atoms with Crippen LogP contribution in [0.4, 0.5) is 10.7 Å². The fourth-order valence-electron chi connectivity index (χ4n) is 4.50. The number of thioether (sulfide) groups is 1. The van der Waals surface area contributed by atoms with Crippen molar-refractivity contribution in [2.24, 2.45) is 0 Å². The largest absolute Gasteiger partial charge is 0.476 e. The molecule has 3 aliphatic rings. The quantitative estimate of drug-likeness (QED) is 0.539. The highest BCUT2D eigenvalue weighted by molar-refractivity contribution is 8.18. The van der Waals surface area contributed by atoms with Crippen molar-refractivity contribution in [1.82, 2.24) is 30.0 Å². The van der Waals surface area contributed by atoms with Crippen LogP contribution in [0.3, 0.4) is 0 Å². The van der Waals surface area contributed by atoms with Gasteiger partial charge in [0.05, 0.1) is 10.6 Å². The third kappa shape index (κ3) is 6.47. The predicted octanol–water partition coefficient (Wildman–Crippen LogP) is 1.35. The van der Waals surface area contributed by atoms with Crippen molar-refractivity contribution in [1.29, 1.82) is 0 Å². The summed E-state index contributed by atoms with van der Waals surface area (Å²) in [5.41, 5.74) is 0.562. The van der Waals surface area contributed by atoms with Crippen molar-refractivity contribution in [3.8, 4) is 5.88 Å². The molecule has 0 spiro atoms. The summed E-state index contributed by atoms with van der Waals surface area (Å²) in [6, 6.07) is 2.38. The number of imide groups is 1. The number of likely N-dealkylation sites (tertiary alicyclic amines) is 1. The normalized spacial score (nSPS) is 22.1. The third-order valence-electron chi connectivity index (χ3n) is 6.54. The number of hydrogen-bond acceptors (Lipinski definition) is 10. The van der Waals surface area contributed by atoms with Gasteiger partial charge in [0, 0.05) is 44.8 Å². The second kappa shape index (κ2) is 11.5. The van der Waals surface area contributed by atoms with Crippen LogP contribution in [0.25, 0.3) is 6.08 Å². The highest BCUT2D eigenvalue weighted by Crippen LogP contribution is 2.27. The second-order valence-electron chi connectivity index (χ2n) is 9.12. The van der Waals surface area contributed by atoms with Gasteiger partial charge in [0.25, 0.3) is 11.1 Å². The molecule has 0 unspecified atom stereocenters. The van der Waals surface area contributed by atoms with Gasteiger partial charge in [0.15, 0.2) is 0 Å². The maximum atomic E-state index is 12.0. The van der Waals surface area contributed by atoms with Crippen LogP contribution in [-0.2, 0) is 4.79 Å². The Labute approximate surface area is 205 Å². The average molecular weight is 490 g/mol. The first-order valence-corrected chi connectivity index (χ1v) is 12.9. The van der Waals surface area contributed by atoms with Crippen LogP contribution in [0.1, 0.15) is 25.5 Å². The number of nitrogens with one attached hydrogen (secondary N) is 1. The van der Waals surface area contributed by atoms with E-state index in [0.717, 1.165) is 51.0 Å². The minimum atomic E-state index is -0.395. The van der Waals surface area contributed by atoms with E-state index in [1.165, 1.54) is 25.9 Å². The zero-order valence-corrected chi connectivity index (χ0v) is 21.1. The topological polar surface area (TPSA) is 94.1 Å². The molecular formula is C23H35N7O3S. The van der Waals surface area contributed by atoms with E-state index < -0.39 is 5.91 Å². The lowest BCUT2D eigenvalue weighted by molar-refractivity contribution is -0.115. The molecule has 3 saturated heterocycles. The molecule has 0 radical (unpaired) electrons. The van der Waals surface area contributed by atoms with Crippen molar-refractivity contribution < 1.29 is 14.3 Å². The van der Waals surface area contributed by atoms with Crippen molar-refractivity contribution in [3.63, 3.8) is 0 Å². The molecule has 0 aliphatic carbocycles. The number of nitrogens with zero attached hydrogens (tertiary/aromatic N) is 6. The van der Waals surface area contributed by atoms with Gasteiger partial charge in [0.1, 0.15) is 6.61 Å². The highest BCUT2D eigenvalue weighted by atomic mass is 32.2. The van der Waals surface area contributed by atoms with Gasteiger partial charge in [-0.25, -0.2) is 4.98 Å². The summed E-state index contributed by atoms with van der Waals surface area (Å²) in [6.07, 6.45) is 4.10. The summed E-state index contributed by atoms with van der Waals surface area (Å²) < 4.78 is 5.90. The minimum absolute atomic E-state index is 0.331. The lowest BCUT2D eigenvalue weighted by atomic mass is 10.0. The first kappa shape index (κ1) is 24.9. The molecule has 0 atom stereocenters. The van der Waals surface area contributed by atoms with Crippen LogP contribution < -0.4 is 15.0 Å². The van der Waals surface area contributed by atoms with E-state index in [1.807, 2.05) is 19.0 Å². The molecule has 3 aliphatic heterocycles. The van der Waals surface area contributed by atoms with Crippen molar-refractivity contribution >= 4 is 34.9 Å². The molecule has 3 fully saturated rings. The van der Waals surface area contributed by atoms with Gasteiger partial charge in [-0.05, 0) is 64.4 Å². The van der Waals surface area contributed by atoms with E-state index in [1.54, 1.807) is 12.1 Å². The van der Waals surface area contributed by atoms with Crippen molar-refractivity contribution in [2.75, 3.05) is 78.0 Å². The van der Waals surface area contributed by atoms with Crippen LogP contribution in [-0.4, -0.2) is 115 Å². The standard InChI is InChI=1S/C23H35N7O3S/c1-4-28-7-5-18(6-8-28)29-9-11-30(12-10-29)22-24-17(15-19-21(31)26-23(32)34-19)16-20(25-22)33-14-13-27(2)3/h15-16,18H,4-14H2,1-3H3,(H,26,31,32)/b19-15-. The predicted molar refractivity (Wildman–Crippen MR) is 134 cm³/mol. The van der Waals surface area contributed by atoms with E-state index >= 15 is 0 Å². The smallest absolute Gasteiger partial charge is 0.290 e. The van der Waals surface area contributed by atoms with Crippen LogP contribution in [0.2, 0.25) is 0 Å². The van der Waals surface area contributed by atoms with Gasteiger partial charge in [-0.15, -0.1) is 0 Å². The molecule has 1 aromatic heterocycles. The monoisotopic (exact) mass is 489 g/mol. The zero-order valence-electron chi connectivity index (χ0n) is 20.3. The first-order chi connectivity index (χ1) is 16.4. The maximum absolute atomic E-state index is 12.0. The van der Waals surface area contributed by atoms with Gasteiger partial charge < -0.3 is 19.4 Å². The number of ether oxygens (including phenoxy) is 1. The summed E-state index contributed by atoms with van der Waals surface area (Å²) in [4.78, 5) is 42.6. The molecular weight excluding hydrogens is 454 g/mol. The number of piperidine rings is 1. The number of piperazine rings is 1. The second-order valence-corrected chi connectivity index (χ2v) is 10.1. The van der Waals surface area contributed by atoms with Gasteiger partial charge in [0.2, 0.25) is 11.8 Å². The Bertz CT molecular complexity index is 910. The number of anilines is 1. The van der Waals surface area contributed by atoms with Gasteiger partial charge in [-0.3, -0.25) is 19.8 Å². The minimum Gasteiger partial charge on any atom is -0.476 e. The molecule has 4 rings (SSSR count). The molecule has 10 nitrogen and oxygen atoms in total. The fraction of sp³-hybridized carbons (Fsp3) is 0.652. The Morgan fingerprint density at radius 1 is 1.15 bits per heavy atom. The zero-order chi connectivity index (χ0) is 24.1. The molecule has 1 aromatic rings. The maximum Gasteiger partial charge on any atom is 0.290 e. The first-order valence-electron chi connectivity index (χ1n) is 12.0. The Morgan fingerprint density at radius 3 is 2.50 bits per heavy atom. The Hall–Kier alpha value is -2.21. The van der Waals surface area contributed by atoms with Gasteiger partial charge >= 0.3 is 0 Å². The Kier molecular flexibility index (Phi) is 8.41. The molecule has 0 saturated carbocycles. The average Bonchev–Trinajstić information content (AvgIpc) is 3.15. The van der Waals surface area contributed by atoms with Crippen LogP contribution >= 0.6 is 11.8 Å². The lowest BCUT2D eigenvalue weighted by Gasteiger charge is -2.42. The van der Waals surface area contributed by atoms with Crippen molar-refractivity contribution in [2.45, 2.75) is 25.8 Å². The molecule has 0 bridgehead atoms. The van der Waals surface area contributed by atoms with E-state index in [9.17, 15) is 9.59 Å². The highest BCUT2D eigenvalue weighted by Gasteiger charge is 2.29. The molecule has 4 heterocycles. The molecule has 2 amide bonds. The molecule has 11 heteroatoms. The number of amides is 2. The summed E-state index contributed by atoms with van der Waals surface area (Å²) in [5, 5.41) is 1.92. The third-order valence-corrected chi connectivity index (χ3v) is 7.35. The summed E-state index contributed by atoms with van der Waals surface area (Å²) in [6.45, 7) is 10.7. The van der Waals surface area contributed by atoms with Gasteiger partial charge in [-0.2, -0.15) is 4.98 Å². The lowest BCUT2D eigenvalue weighted by Crippen LogP contribution is -2.53. The number of carbonyl (C=O) groups excluding carboxylic acids is 2. The summed E-state index contributed by atoms with van der Waals surface area (Å²) in [7, 11) is 3.98. The summed E-state index contributed by atoms with van der Waals surface area (Å²) >= 11 is 0.885. The van der Waals surface area contributed by atoms with Crippen molar-refractivity contribution in [3.05, 3.63) is 16.7 Å². The molecule has 186 valence electrons. The molecule has 0 aromatic carbocycles.